The second-order valence-corrected chi connectivity index (χ2v) is 9.24. The molecule has 0 unspecified atom stereocenters. The van der Waals surface area contributed by atoms with Crippen molar-refractivity contribution in [2.45, 2.75) is 65.3 Å². The smallest absolute Gasteiger partial charge is 0.444 e. The van der Waals surface area contributed by atoms with Crippen LogP contribution in [0.2, 0.25) is 0 Å². The highest BCUT2D eigenvalue weighted by Crippen LogP contribution is 2.37. The molecule has 0 atom stereocenters. The number of ether oxygens (including phenoxy) is 1. The summed E-state index contributed by atoms with van der Waals surface area (Å²) in [6.07, 6.45) is -1.59. The molecule has 1 aromatic heterocycles. The zero-order valence-corrected chi connectivity index (χ0v) is 17.3. The Hall–Kier alpha value is -1.25. The van der Waals surface area contributed by atoms with Gasteiger partial charge in [-0.15, -0.1) is 11.3 Å². The van der Waals surface area contributed by atoms with Gasteiger partial charge >= 0.3 is 13.2 Å². The van der Waals surface area contributed by atoms with Crippen molar-refractivity contribution in [1.29, 1.82) is 0 Å². The molecule has 2 fully saturated rings. The molecule has 0 spiro atoms. The summed E-state index contributed by atoms with van der Waals surface area (Å²) in [5.41, 5.74) is -2.83. The van der Waals surface area contributed by atoms with Crippen molar-refractivity contribution in [1.82, 2.24) is 4.90 Å². The molecular formula is C19H31BN2O4S. The molecule has 6 nitrogen and oxygen atoms in total. The van der Waals surface area contributed by atoms with Gasteiger partial charge in [0.05, 0.1) is 29.9 Å². The Morgan fingerprint density at radius 2 is 1.74 bits per heavy atom. The molecule has 3 heterocycles. The van der Waals surface area contributed by atoms with Crippen LogP contribution in [0, 0.1) is 0 Å². The maximum atomic E-state index is 12.9. The molecule has 2 aliphatic rings. The fraction of sp³-hybridized carbons (Fsp3) is 0.737. The molecule has 3 rings (SSSR count). The van der Waals surface area contributed by atoms with Crippen LogP contribution in [0.1, 0.15) is 62.2 Å². The predicted molar refractivity (Wildman–Crippen MR) is 110 cm³/mol. The predicted octanol–water partition coefficient (Wildman–Crippen LogP) is 3.10. The molecule has 8 heteroatoms. The van der Waals surface area contributed by atoms with Crippen LogP contribution < -0.4 is 9.68 Å². The first-order valence-corrected chi connectivity index (χ1v) is 9.35. The molecule has 0 N–H and O–H groups in total. The van der Waals surface area contributed by atoms with Gasteiger partial charge < -0.3 is 23.8 Å². The van der Waals surface area contributed by atoms with E-state index in [1.807, 2.05) is 0 Å². The lowest BCUT2D eigenvalue weighted by Crippen LogP contribution is -2.50. The van der Waals surface area contributed by atoms with Crippen molar-refractivity contribution in [3.05, 3.63) is 12.1 Å². The maximum absolute atomic E-state index is 12.9. The van der Waals surface area contributed by atoms with Crippen LogP contribution >= 0.6 is 11.3 Å². The largest absolute Gasteiger partial charge is 0.505 e. The normalized spacial score (nSPS) is 35.1. The highest BCUT2D eigenvalue weighted by Gasteiger charge is 2.52. The summed E-state index contributed by atoms with van der Waals surface area (Å²) in [5.74, 6) is 0. The van der Waals surface area contributed by atoms with E-state index in [-0.39, 0.29) is 14.6 Å². The molecular weight excluding hydrogens is 363 g/mol. The Bertz CT molecular complexity index is 1060. The number of hydrogen-bond acceptors (Lipinski definition) is 6. The summed E-state index contributed by atoms with van der Waals surface area (Å²) in [7, 11) is -1.14. The molecule has 2 aliphatic heterocycles. The third-order valence-corrected chi connectivity index (χ3v) is 5.29. The van der Waals surface area contributed by atoms with Crippen LogP contribution in [0.4, 0.5) is 9.80 Å². The summed E-state index contributed by atoms with van der Waals surface area (Å²) < 4.78 is 102. The summed E-state index contributed by atoms with van der Waals surface area (Å²) >= 11 is 0.570. The molecule has 150 valence electrons. The minimum absolute atomic E-state index is 0.0148. The molecule has 0 radical (unpaired) electrons. The standard InChI is InChI=1S/C19H31BN2O4S/c1-17(2,3)24-16(23)22-12-10-21(11-13-22)15-9-8-14(27-15)20-25-18(4,5)19(6,7)26-20/h8-9H,10-13H2,1-7H3/i8D,9D,10D2,11D2,12D2,13D2. The Morgan fingerprint density at radius 3 is 2.26 bits per heavy atom. The lowest BCUT2D eigenvalue weighted by molar-refractivity contribution is 0.00578. The first kappa shape index (κ1) is 11.1. The highest BCUT2D eigenvalue weighted by atomic mass is 32.1. The Kier molecular flexibility index (Phi) is 2.86. The van der Waals surface area contributed by atoms with E-state index in [1.54, 1.807) is 27.7 Å². The minimum atomic E-state index is -3.48. The zero-order valence-electron chi connectivity index (χ0n) is 26.5. The topological polar surface area (TPSA) is 51.2 Å². The Morgan fingerprint density at radius 1 is 1.19 bits per heavy atom. The quantitative estimate of drug-likeness (QED) is 0.709. The van der Waals surface area contributed by atoms with Crippen molar-refractivity contribution >= 4 is 34.3 Å². The fourth-order valence-corrected chi connectivity index (χ4v) is 2.97. The van der Waals surface area contributed by atoms with Gasteiger partial charge in [0.25, 0.3) is 0 Å². The number of anilines is 1. The average molecular weight is 404 g/mol. The number of nitrogens with zero attached hydrogens (tertiary/aromatic N) is 2. The van der Waals surface area contributed by atoms with Crippen molar-refractivity contribution in [3.8, 4) is 0 Å². The zero-order chi connectivity index (χ0) is 28.9. The number of piperazine rings is 1. The molecule has 0 aromatic carbocycles. The Balaban J connectivity index is 2.18. The SMILES string of the molecule is [2H]c1c(B2OC(C)(C)C(C)(C)O2)sc(N2C([2H])([2H])C([2H])([2H])N(C(=O)OC(C)(C)C)C([2H])([2H])C2([2H])[2H])c1[2H]. The Labute approximate surface area is 180 Å². The van der Waals surface area contributed by atoms with E-state index in [1.165, 1.54) is 20.8 Å². The van der Waals surface area contributed by atoms with E-state index in [9.17, 15) is 4.79 Å². The summed E-state index contributed by atoms with van der Waals surface area (Å²) in [5, 5.41) is -0.554. The molecule has 1 aromatic rings. The molecule has 0 aliphatic carbocycles. The lowest BCUT2D eigenvalue weighted by atomic mass is 9.88. The fourth-order valence-electron chi connectivity index (χ4n) is 2.19. The van der Waals surface area contributed by atoms with E-state index in [0.29, 0.717) is 11.3 Å². The number of amides is 1. The molecule has 27 heavy (non-hydrogen) atoms. The van der Waals surface area contributed by atoms with Gasteiger partial charge in [0.2, 0.25) is 0 Å². The van der Waals surface area contributed by atoms with E-state index in [4.69, 9.17) is 27.8 Å². The van der Waals surface area contributed by atoms with Crippen LogP contribution in [0.5, 0.6) is 0 Å². The van der Waals surface area contributed by atoms with Gasteiger partial charge in [0, 0.05) is 30.8 Å². The van der Waals surface area contributed by atoms with Gasteiger partial charge in [0.1, 0.15) is 5.60 Å². The lowest BCUT2D eigenvalue weighted by Gasteiger charge is -2.36. The van der Waals surface area contributed by atoms with Gasteiger partial charge in [-0.3, -0.25) is 0 Å². The van der Waals surface area contributed by atoms with Crippen molar-refractivity contribution in [2.75, 3.05) is 30.9 Å². The minimum Gasteiger partial charge on any atom is -0.444 e. The first-order valence-electron chi connectivity index (χ1n) is 13.5. The van der Waals surface area contributed by atoms with Crippen LogP contribution in [-0.4, -0.2) is 60.9 Å². The van der Waals surface area contributed by atoms with Gasteiger partial charge in [0.15, 0.2) is 0 Å². The number of carbonyl (C=O) groups excluding carboxylic acids is 1. The van der Waals surface area contributed by atoms with Crippen LogP contribution in [0.25, 0.3) is 0 Å². The van der Waals surface area contributed by atoms with E-state index < -0.39 is 73.1 Å². The molecule has 0 bridgehead atoms. The van der Waals surface area contributed by atoms with Crippen molar-refractivity contribution in [2.24, 2.45) is 0 Å². The van der Waals surface area contributed by atoms with Gasteiger partial charge in [-0.25, -0.2) is 4.79 Å². The second kappa shape index (κ2) is 6.97. The van der Waals surface area contributed by atoms with E-state index >= 15 is 0 Å². The van der Waals surface area contributed by atoms with E-state index in [2.05, 4.69) is 0 Å². The summed E-state index contributed by atoms with van der Waals surface area (Å²) in [6, 6.07) is -1.12. The highest BCUT2D eigenvalue weighted by molar-refractivity contribution is 7.25. The van der Waals surface area contributed by atoms with Crippen LogP contribution in [0.15, 0.2) is 12.1 Å². The average Bonchev–Trinajstić information content (AvgIpc) is 3.04. The third-order valence-electron chi connectivity index (χ3n) is 4.29. The monoisotopic (exact) mass is 404 g/mol. The van der Waals surface area contributed by atoms with E-state index in [0.717, 1.165) is 0 Å². The van der Waals surface area contributed by atoms with Crippen molar-refractivity contribution < 1.29 is 32.5 Å². The van der Waals surface area contributed by atoms with Gasteiger partial charge in [-0.05, 0) is 60.6 Å². The third kappa shape index (κ3) is 4.44. The number of carbonyl (C=O) groups is 1. The van der Waals surface area contributed by atoms with Gasteiger partial charge in [-0.1, -0.05) is 0 Å². The summed E-state index contributed by atoms with van der Waals surface area (Å²) in [6.45, 7) is -2.39. The molecule has 0 saturated carbocycles. The van der Waals surface area contributed by atoms with Crippen molar-refractivity contribution in [3.63, 3.8) is 0 Å². The first-order chi connectivity index (χ1) is 16.2. The summed E-state index contributed by atoms with van der Waals surface area (Å²) in [4.78, 5) is 12.8. The number of thiophene rings is 1. The number of hydrogen-bond donors (Lipinski definition) is 0. The molecule has 2 saturated heterocycles. The second-order valence-electron chi connectivity index (χ2n) is 8.21. The van der Waals surface area contributed by atoms with Gasteiger partial charge in [-0.2, -0.15) is 0 Å². The number of rotatable bonds is 2. The molecule has 1 amide bonds. The van der Waals surface area contributed by atoms with Crippen LogP contribution in [0.3, 0.4) is 0 Å². The maximum Gasteiger partial charge on any atom is 0.505 e. The van der Waals surface area contributed by atoms with Crippen LogP contribution in [-0.2, 0) is 14.0 Å².